The SMILES string of the molecule is CN(c1ccc(C(F)(F)F)cc1F)C1COCC1C(=O)O. The highest BCUT2D eigenvalue weighted by molar-refractivity contribution is 5.72. The van der Waals surface area contributed by atoms with Gasteiger partial charge in [0.1, 0.15) is 11.7 Å². The Bertz CT molecular complexity index is 547. The number of benzene rings is 1. The molecule has 0 aliphatic carbocycles. The molecule has 1 aliphatic heterocycles. The quantitative estimate of drug-likeness (QED) is 0.871. The first-order valence-corrected chi connectivity index (χ1v) is 6.12. The number of alkyl halides is 3. The lowest BCUT2D eigenvalue weighted by Gasteiger charge is -2.28. The number of aliphatic carboxylic acids is 1. The monoisotopic (exact) mass is 307 g/mol. The zero-order chi connectivity index (χ0) is 15.8. The fourth-order valence-electron chi connectivity index (χ4n) is 2.31. The van der Waals surface area contributed by atoms with Gasteiger partial charge in [0.2, 0.25) is 0 Å². The summed E-state index contributed by atoms with van der Waals surface area (Å²) in [5, 5.41) is 9.05. The number of hydrogen-bond donors (Lipinski definition) is 1. The molecule has 2 unspecified atom stereocenters. The molecular weight excluding hydrogens is 294 g/mol. The lowest BCUT2D eigenvalue weighted by atomic mass is 10.0. The van der Waals surface area contributed by atoms with E-state index in [4.69, 9.17) is 9.84 Å². The minimum absolute atomic E-state index is 0.00735. The van der Waals surface area contributed by atoms with Gasteiger partial charge in [-0.1, -0.05) is 0 Å². The number of likely N-dealkylation sites (N-methyl/N-ethyl adjacent to an activating group) is 1. The van der Waals surface area contributed by atoms with Gasteiger partial charge in [-0.15, -0.1) is 0 Å². The maximum absolute atomic E-state index is 13.9. The fraction of sp³-hybridized carbons (Fsp3) is 0.462. The molecule has 0 saturated carbocycles. The van der Waals surface area contributed by atoms with Crippen LogP contribution < -0.4 is 4.90 Å². The molecule has 1 aromatic carbocycles. The molecule has 0 aromatic heterocycles. The van der Waals surface area contributed by atoms with Crippen LogP contribution in [-0.2, 0) is 15.7 Å². The van der Waals surface area contributed by atoms with E-state index in [1.165, 1.54) is 11.9 Å². The van der Waals surface area contributed by atoms with E-state index < -0.39 is 35.5 Å². The second kappa shape index (κ2) is 5.51. The van der Waals surface area contributed by atoms with Gasteiger partial charge in [-0.2, -0.15) is 13.2 Å². The Kier molecular flexibility index (Phi) is 4.08. The molecule has 0 bridgehead atoms. The first-order valence-electron chi connectivity index (χ1n) is 6.12. The minimum atomic E-state index is -4.63. The number of carboxylic acids is 1. The Hall–Kier alpha value is -1.83. The summed E-state index contributed by atoms with van der Waals surface area (Å²) in [4.78, 5) is 12.4. The number of rotatable bonds is 3. The van der Waals surface area contributed by atoms with Gasteiger partial charge in [-0.3, -0.25) is 4.79 Å². The zero-order valence-corrected chi connectivity index (χ0v) is 11.0. The van der Waals surface area contributed by atoms with E-state index in [2.05, 4.69) is 0 Å². The van der Waals surface area contributed by atoms with Crippen molar-refractivity contribution in [3.05, 3.63) is 29.6 Å². The highest BCUT2D eigenvalue weighted by Gasteiger charge is 2.38. The van der Waals surface area contributed by atoms with E-state index in [1.807, 2.05) is 0 Å². The van der Waals surface area contributed by atoms with Gasteiger partial charge in [-0.25, -0.2) is 4.39 Å². The number of anilines is 1. The van der Waals surface area contributed by atoms with E-state index in [-0.39, 0.29) is 18.9 Å². The Labute approximate surface area is 117 Å². The molecule has 0 radical (unpaired) electrons. The van der Waals surface area contributed by atoms with E-state index >= 15 is 0 Å². The van der Waals surface area contributed by atoms with Crippen LogP contribution in [0.3, 0.4) is 0 Å². The van der Waals surface area contributed by atoms with E-state index in [0.29, 0.717) is 6.07 Å². The molecule has 1 heterocycles. The van der Waals surface area contributed by atoms with E-state index in [9.17, 15) is 22.4 Å². The van der Waals surface area contributed by atoms with Gasteiger partial charge in [0.25, 0.3) is 0 Å². The Morgan fingerprint density at radius 3 is 2.57 bits per heavy atom. The Balaban J connectivity index is 2.27. The van der Waals surface area contributed by atoms with Crippen LogP contribution in [0.5, 0.6) is 0 Å². The molecule has 1 fully saturated rings. The van der Waals surface area contributed by atoms with E-state index in [1.54, 1.807) is 0 Å². The predicted molar refractivity (Wildman–Crippen MR) is 65.5 cm³/mol. The summed E-state index contributed by atoms with van der Waals surface area (Å²) in [7, 11) is 1.43. The normalized spacial score (nSPS) is 22.3. The van der Waals surface area contributed by atoms with Crippen molar-refractivity contribution >= 4 is 11.7 Å². The molecule has 2 atom stereocenters. The summed E-state index contributed by atoms with van der Waals surface area (Å²) in [6.45, 7) is 0.0700. The number of carbonyl (C=O) groups is 1. The van der Waals surface area contributed by atoms with Gasteiger partial charge < -0.3 is 14.7 Å². The lowest BCUT2D eigenvalue weighted by Crippen LogP contribution is -2.41. The number of carboxylic acid groups (broad SMARTS) is 1. The number of nitrogens with zero attached hydrogens (tertiary/aromatic N) is 1. The molecule has 1 aliphatic rings. The van der Waals surface area contributed by atoms with Crippen molar-refractivity contribution in [3.63, 3.8) is 0 Å². The number of ether oxygens (including phenoxy) is 1. The van der Waals surface area contributed by atoms with Crippen molar-refractivity contribution in [1.82, 2.24) is 0 Å². The fourth-order valence-corrected chi connectivity index (χ4v) is 2.31. The van der Waals surface area contributed by atoms with Gasteiger partial charge in [0, 0.05) is 7.05 Å². The average molecular weight is 307 g/mol. The van der Waals surface area contributed by atoms with Crippen molar-refractivity contribution in [3.8, 4) is 0 Å². The van der Waals surface area contributed by atoms with Crippen LogP contribution in [0.4, 0.5) is 23.2 Å². The summed E-state index contributed by atoms with van der Waals surface area (Å²) in [5.74, 6) is -2.99. The van der Waals surface area contributed by atoms with Crippen LogP contribution in [-0.4, -0.2) is 37.4 Å². The summed E-state index contributed by atoms with van der Waals surface area (Å²) in [6.07, 6.45) is -4.63. The van der Waals surface area contributed by atoms with E-state index in [0.717, 1.165) is 12.1 Å². The molecule has 8 heteroatoms. The number of hydrogen-bond acceptors (Lipinski definition) is 3. The van der Waals surface area contributed by atoms with Crippen LogP contribution in [0.25, 0.3) is 0 Å². The van der Waals surface area contributed by atoms with Crippen LogP contribution in [0, 0.1) is 11.7 Å². The van der Waals surface area contributed by atoms with Crippen molar-refractivity contribution in [2.24, 2.45) is 5.92 Å². The summed E-state index contributed by atoms with van der Waals surface area (Å²) >= 11 is 0. The average Bonchev–Trinajstić information content (AvgIpc) is 2.86. The second-order valence-corrected chi connectivity index (χ2v) is 4.82. The molecule has 1 aromatic rings. The van der Waals surface area contributed by atoms with Crippen LogP contribution in [0.1, 0.15) is 5.56 Å². The first kappa shape index (κ1) is 15.6. The first-order chi connectivity index (χ1) is 9.71. The smallest absolute Gasteiger partial charge is 0.416 e. The molecule has 21 heavy (non-hydrogen) atoms. The molecule has 116 valence electrons. The topological polar surface area (TPSA) is 49.8 Å². The van der Waals surface area contributed by atoms with Crippen molar-refractivity contribution in [1.29, 1.82) is 0 Å². The largest absolute Gasteiger partial charge is 0.481 e. The van der Waals surface area contributed by atoms with Crippen molar-refractivity contribution < 1.29 is 32.2 Å². The highest BCUT2D eigenvalue weighted by Crippen LogP contribution is 2.33. The summed E-state index contributed by atoms with van der Waals surface area (Å²) < 4.78 is 56.4. The molecular formula is C13H13F4NO3. The summed E-state index contributed by atoms with van der Waals surface area (Å²) in [5.41, 5.74) is -1.18. The highest BCUT2D eigenvalue weighted by atomic mass is 19.4. The Morgan fingerprint density at radius 1 is 1.38 bits per heavy atom. The zero-order valence-electron chi connectivity index (χ0n) is 11.0. The summed E-state index contributed by atoms with van der Waals surface area (Å²) in [6, 6.07) is 1.53. The Morgan fingerprint density at radius 2 is 2.05 bits per heavy atom. The van der Waals surface area contributed by atoms with Crippen LogP contribution in [0.15, 0.2) is 18.2 Å². The maximum atomic E-state index is 13.9. The molecule has 2 rings (SSSR count). The van der Waals surface area contributed by atoms with Gasteiger partial charge in [-0.05, 0) is 18.2 Å². The second-order valence-electron chi connectivity index (χ2n) is 4.82. The van der Waals surface area contributed by atoms with Crippen LogP contribution >= 0.6 is 0 Å². The number of halogens is 4. The van der Waals surface area contributed by atoms with Gasteiger partial charge in [0.15, 0.2) is 0 Å². The van der Waals surface area contributed by atoms with Gasteiger partial charge >= 0.3 is 12.1 Å². The third kappa shape index (κ3) is 3.10. The third-order valence-electron chi connectivity index (χ3n) is 3.52. The van der Waals surface area contributed by atoms with Crippen molar-refractivity contribution in [2.45, 2.75) is 12.2 Å². The van der Waals surface area contributed by atoms with Crippen molar-refractivity contribution in [2.75, 3.05) is 25.2 Å². The van der Waals surface area contributed by atoms with Gasteiger partial charge in [0.05, 0.1) is 30.5 Å². The molecule has 1 N–H and O–H groups in total. The standard InChI is InChI=1S/C13H13F4NO3/c1-18(11-6-21-5-8(11)12(19)20)10-3-2-7(4-9(10)14)13(15,16)17/h2-4,8,11H,5-6H2,1H3,(H,19,20). The molecule has 0 spiro atoms. The molecule has 4 nitrogen and oxygen atoms in total. The molecule has 0 amide bonds. The lowest BCUT2D eigenvalue weighted by molar-refractivity contribution is -0.142. The predicted octanol–water partition coefficient (Wildman–Crippen LogP) is 2.38. The third-order valence-corrected chi connectivity index (χ3v) is 3.52. The molecule has 1 saturated heterocycles. The minimum Gasteiger partial charge on any atom is -0.481 e. The maximum Gasteiger partial charge on any atom is 0.416 e. The van der Waals surface area contributed by atoms with Crippen LogP contribution in [0.2, 0.25) is 0 Å².